The van der Waals surface area contributed by atoms with Crippen molar-refractivity contribution < 1.29 is 18.7 Å². The Kier molecular flexibility index (Phi) is 5.88. The minimum absolute atomic E-state index is 0.137. The third-order valence-electron chi connectivity index (χ3n) is 4.49. The molecule has 0 fully saturated rings. The number of fused-ring (bicyclic) bond motifs is 1. The van der Waals surface area contributed by atoms with Gasteiger partial charge in [-0.3, -0.25) is 10.1 Å². The lowest BCUT2D eigenvalue weighted by Crippen LogP contribution is -2.09. The first kappa shape index (κ1) is 20.8. The number of halogens is 1. The molecule has 0 saturated carbocycles. The summed E-state index contributed by atoms with van der Waals surface area (Å²) in [7, 11) is 1.29. The van der Waals surface area contributed by atoms with Crippen LogP contribution in [0.3, 0.4) is 0 Å². The lowest BCUT2D eigenvalue weighted by Gasteiger charge is -2.03. The number of nitrogens with one attached hydrogen (secondary N) is 1. The number of para-hydroxylation sites is 1. The normalized spacial score (nSPS) is 11.2. The molecule has 0 unspecified atom stereocenters. The molecule has 8 heteroatoms. The lowest BCUT2D eigenvalue weighted by molar-refractivity contribution is -0.111. The Bertz CT molecular complexity index is 1290. The maximum Gasteiger partial charge on any atom is 0.342 e. The van der Waals surface area contributed by atoms with Crippen molar-refractivity contribution in [2.75, 3.05) is 12.4 Å². The highest BCUT2D eigenvalue weighted by atomic mass is 35.5. The van der Waals surface area contributed by atoms with Gasteiger partial charge in [-0.2, -0.15) is 0 Å². The molecule has 4 rings (SSSR count). The number of furan rings is 1. The van der Waals surface area contributed by atoms with Crippen LogP contribution in [-0.4, -0.2) is 24.0 Å². The summed E-state index contributed by atoms with van der Waals surface area (Å²) in [6.07, 6.45) is 3.00. The molecule has 2 aromatic heterocycles. The third kappa shape index (κ3) is 4.38. The van der Waals surface area contributed by atoms with Crippen LogP contribution in [0.15, 0.2) is 59.0 Å². The van der Waals surface area contributed by atoms with Crippen LogP contribution >= 0.6 is 22.9 Å². The van der Waals surface area contributed by atoms with E-state index < -0.39 is 11.9 Å². The number of nitrogens with zero attached hydrogens (tertiary/aromatic N) is 1. The van der Waals surface area contributed by atoms with E-state index in [-0.39, 0.29) is 11.4 Å². The Morgan fingerprint density at radius 1 is 1.19 bits per heavy atom. The van der Waals surface area contributed by atoms with Crippen LogP contribution in [0.1, 0.15) is 21.7 Å². The topological polar surface area (TPSA) is 81.4 Å². The predicted octanol–water partition coefficient (Wildman–Crippen LogP) is 5.96. The molecule has 0 atom stereocenters. The fourth-order valence-corrected chi connectivity index (χ4v) is 4.31. The zero-order valence-corrected chi connectivity index (χ0v) is 18.2. The van der Waals surface area contributed by atoms with Crippen molar-refractivity contribution in [3.05, 3.63) is 76.5 Å². The lowest BCUT2D eigenvalue weighted by atomic mass is 10.1. The molecule has 2 aromatic carbocycles. The Morgan fingerprint density at radius 2 is 2.00 bits per heavy atom. The number of rotatable bonds is 5. The molecule has 0 aliphatic carbocycles. The van der Waals surface area contributed by atoms with Gasteiger partial charge in [0.1, 0.15) is 16.3 Å². The molecule has 1 N–H and O–H groups in total. The van der Waals surface area contributed by atoms with E-state index in [4.69, 9.17) is 20.8 Å². The highest BCUT2D eigenvalue weighted by Gasteiger charge is 2.28. The van der Waals surface area contributed by atoms with Gasteiger partial charge in [-0.05, 0) is 42.8 Å². The molecule has 0 spiro atoms. The van der Waals surface area contributed by atoms with Gasteiger partial charge < -0.3 is 9.15 Å². The van der Waals surface area contributed by atoms with Gasteiger partial charge in [0.15, 0.2) is 0 Å². The molecule has 0 aliphatic heterocycles. The number of carbonyl (C=O) groups excluding carboxylic acids is 2. The number of anilines is 1. The molecule has 6 nitrogen and oxygen atoms in total. The summed E-state index contributed by atoms with van der Waals surface area (Å²) >= 11 is 7.37. The number of hydrogen-bond acceptors (Lipinski definition) is 6. The van der Waals surface area contributed by atoms with E-state index in [0.717, 1.165) is 15.8 Å². The number of amides is 1. The molecule has 31 heavy (non-hydrogen) atoms. The third-order valence-corrected chi connectivity index (χ3v) is 5.78. The van der Waals surface area contributed by atoms with Crippen molar-refractivity contribution in [1.29, 1.82) is 0 Å². The van der Waals surface area contributed by atoms with Crippen molar-refractivity contribution in [2.45, 2.75) is 6.92 Å². The Labute approximate surface area is 187 Å². The Balaban J connectivity index is 1.72. The van der Waals surface area contributed by atoms with E-state index in [0.29, 0.717) is 21.4 Å². The number of carbonyl (C=O) groups is 2. The highest BCUT2D eigenvalue weighted by Crippen LogP contribution is 2.40. The SMILES string of the molecule is COC(=O)c1c(C)oc(NC(=O)/C=C/c2cccc(Cl)c2)c1-c1nc2ccccc2s1. The molecule has 1 amide bonds. The van der Waals surface area contributed by atoms with Gasteiger partial charge in [0.2, 0.25) is 5.88 Å². The van der Waals surface area contributed by atoms with Gasteiger partial charge in [0, 0.05) is 11.1 Å². The summed E-state index contributed by atoms with van der Waals surface area (Å²) < 4.78 is 11.6. The van der Waals surface area contributed by atoms with Gasteiger partial charge in [-0.25, -0.2) is 9.78 Å². The average Bonchev–Trinajstić information content (AvgIpc) is 3.32. The summed E-state index contributed by atoms with van der Waals surface area (Å²) in [5.41, 5.74) is 2.20. The van der Waals surface area contributed by atoms with Crippen molar-refractivity contribution in [3.63, 3.8) is 0 Å². The number of hydrogen-bond donors (Lipinski definition) is 1. The molecule has 0 saturated heterocycles. The summed E-state index contributed by atoms with van der Waals surface area (Å²) in [6.45, 7) is 1.64. The fourth-order valence-electron chi connectivity index (χ4n) is 3.10. The molecule has 0 aliphatic rings. The van der Waals surface area contributed by atoms with Crippen LogP contribution in [-0.2, 0) is 9.53 Å². The molecule has 2 heterocycles. The molecule has 4 aromatic rings. The molecule has 0 bridgehead atoms. The van der Waals surface area contributed by atoms with Crippen LogP contribution in [0.5, 0.6) is 0 Å². The van der Waals surface area contributed by atoms with E-state index in [1.165, 1.54) is 24.5 Å². The maximum absolute atomic E-state index is 12.6. The second kappa shape index (κ2) is 8.75. The highest BCUT2D eigenvalue weighted by molar-refractivity contribution is 7.21. The van der Waals surface area contributed by atoms with Crippen molar-refractivity contribution in [3.8, 4) is 10.6 Å². The first-order valence-corrected chi connectivity index (χ1v) is 10.5. The van der Waals surface area contributed by atoms with Gasteiger partial charge in [0.05, 0.1) is 22.9 Å². The zero-order chi connectivity index (χ0) is 22.0. The summed E-state index contributed by atoms with van der Waals surface area (Å²) in [5, 5.41) is 3.83. The molecular formula is C23H17ClN2O4S. The molecular weight excluding hydrogens is 436 g/mol. The number of benzene rings is 2. The summed E-state index contributed by atoms with van der Waals surface area (Å²) in [6, 6.07) is 14.7. The zero-order valence-electron chi connectivity index (χ0n) is 16.6. The molecule has 156 valence electrons. The Hall–Kier alpha value is -3.42. The van der Waals surface area contributed by atoms with Crippen LogP contribution < -0.4 is 5.32 Å². The number of thiazole rings is 1. The van der Waals surface area contributed by atoms with Crippen molar-refractivity contribution in [2.24, 2.45) is 0 Å². The van der Waals surface area contributed by atoms with Crippen LogP contribution in [0.25, 0.3) is 26.9 Å². The number of aryl methyl sites for hydroxylation is 1. The van der Waals surface area contributed by atoms with E-state index >= 15 is 0 Å². The van der Waals surface area contributed by atoms with Gasteiger partial charge in [0.25, 0.3) is 5.91 Å². The van der Waals surface area contributed by atoms with Gasteiger partial charge >= 0.3 is 5.97 Å². The number of methoxy groups -OCH3 is 1. The van der Waals surface area contributed by atoms with E-state index in [1.807, 2.05) is 30.3 Å². The quantitative estimate of drug-likeness (QED) is 0.298. The minimum Gasteiger partial charge on any atom is -0.465 e. The standard InChI is InChI=1S/C23H17ClN2O4S/c1-13-19(23(28)29-2)20(22-25-16-8-3-4-9-17(16)31-22)21(30-13)26-18(27)11-10-14-6-5-7-15(24)12-14/h3-12H,1-2H3,(H,26,27)/b11-10+. The van der Waals surface area contributed by atoms with Crippen LogP contribution in [0, 0.1) is 6.92 Å². The second-order valence-electron chi connectivity index (χ2n) is 6.59. The summed E-state index contributed by atoms with van der Waals surface area (Å²) in [5.74, 6) is -0.522. The largest absolute Gasteiger partial charge is 0.465 e. The van der Waals surface area contributed by atoms with E-state index in [1.54, 1.807) is 31.2 Å². The number of esters is 1. The summed E-state index contributed by atoms with van der Waals surface area (Å²) in [4.78, 5) is 29.6. The number of aromatic nitrogens is 1. The second-order valence-corrected chi connectivity index (χ2v) is 8.06. The van der Waals surface area contributed by atoms with Gasteiger partial charge in [-0.1, -0.05) is 35.9 Å². The number of ether oxygens (including phenoxy) is 1. The minimum atomic E-state index is -0.564. The van der Waals surface area contributed by atoms with E-state index in [2.05, 4.69) is 10.3 Å². The smallest absolute Gasteiger partial charge is 0.342 e. The van der Waals surface area contributed by atoms with Crippen molar-refractivity contribution >= 4 is 57.0 Å². The first-order chi connectivity index (χ1) is 15.0. The van der Waals surface area contributed by atoms with E-state index in [9.17, 15) is 9.59 Å². The monoisotopic (exact) mass is 452 g/mol. The first-order valence-electron chi connectivity index (χ1n) is 9.28. The molecule has 0 radical (unpaired) electrons. The van der Waals surface area contributed by atoms with Crippen molar-refractivity contribution in [1.82, 2.24) is 4.98 Å². The maximum atomic E-state index is 12.6. The average molecular weight is 453 g/mol. The predicted molar refractivity (Wildman–Crippen MR) is 123 cm³/mol. The van der Waals surface area contributed by atoms with Crippen LogP contribution in [0.2, 0.25) is 5.02 Å². The van der Waals surface area contributed by atoms with Gasteiger partial charge in [-0.15, -0.1) is 11.3 Å². The fraction of sp³-hybridized carbons (Fsp3) is 0.0870. The Morgan fingerprint density at radius 3 is 2.74 bits per heavy atom. The van der Waals surface area contributed by atoms with Crippen LogP contribution in [0.4, 0.5) is 5.88 Å².